The van der Waals surface area contributed by atoms with Gasteiger partial charge in [-0.25, -0.2) is 4.39 Å². The molecule has 0 aliphatic heterocycles. The van der Waals surface area contributed by atoms with Crippen LogP contribution in [-0.2, 0) is 0 Å². The van der Waals surface area contributed by atoms with Crippen molar-refractivity contribution in [2.75, 3.05) is 7.05 Å². The molecule has 0 radical (unpaired) electrons. The number of hydrogen-bond acceptors (Lipinski definition) is 2. The molecule has 110 valence electrons. The summed E-state index contributed by atoms with van der Waals surface area (Å²) in [4.78, 5) is 16.2. The molecule has 0 spiro atoms. The van der Waals surface area contributed by atoms with Crippen molar-refractivity contribution in [3.63, 3.8) is 0 Å². The van der Waals surface area contributed by atoms with Crippen LogP contribution in [0.2, 0.25) is 0 Å². The smallest absolute Gasteiger partial charge is 0.254 e. The Kier molecular flexibility index (Phi) is 4.36. The number of carbonyl (C=O) groups excluding carboxylic acids is 1. The second-order valence-electron chi connectivity index (χ2n) is 5.37. The first-order valence-electron chi connectivity index (χ1n) is 6.92. The van der Waals surface area contributed by atoms with Crippen molar-refractivity contribution in [3.05, 3.63) is 53.1 Å². The summed E-state index contributed by atoms with van der Waals surface area (Å²) in [6, 6.07) is 6.61. The van der Waals surface area contributed by atoms with E-state index in [0.29, 0.717) is 0 Å². The lowest BCUT2D eigenvalue weighted by atomic mass is 9.95. The van der Waals surface area contributed by atoms with Gasteiger partial charge in [-0.1, -0.05) is 19.9 Å². The predicted molar refractivity (Wildman–Crippen MR) is 81.8 cm³/mol. The Morgan fingerprint density at radius 2 is 2.00 bits per heavy atom. The molecule has 21 heavy (non-hydrogen) atoms. The maximum Gasteiger partial charge on any atom is 0.254 e. The molecule has 1 aromatic carbocycles. The quantitative estimate of drug-likeness (QED) is 0.935. The largest absolute Gasteiger partial charge is 0.355 e. The Labute approximate surface area is 124 Å². The highest BCUT2D eigenvalue weighted by Crippen LogP contribution is 2.29. The van der Waals surface area contributed by atoms with Crippen LogP contribution in [0.5, 0.6) is 0 Å². The molecule has 0 atom stereocenters. The molecule has 0 bridgehead atoms. The van der Waals surface area contributed by atoms with Gasteiger partial charge in [-0.3, -0.25) is 9.78 Å². The van der Waals surface area contributed by atoms with Gasteiger partial charge in [-0.05, 0) is 42.2 Å². The van der Waals surface area contributed by atoms with Crippen molar-refractivity contribution in [2.24, 2.45) is 0 Å². The second kappa shape index (κ2) is 6.04. The summed E-state index contributed by atoms with van der Waals surface area (Å²) in [5.41, 5.74) is 3.76. The van der Waals surface area contributed by atoms with Gasteiger partial charge in [0.1, 0.15) is 5.82 Å². The number of nitrogens with one attached hydrogen (secondary N) is 1. The Bertz CT molecular complexity index is 680. The third kappa shape index (κ3) is 3.10. The second-order valence-corrected chi connectivity index (χ2v) is 5.37. The molecule has 1 aromatic heterocycles. The van der Waals surface area contributed by atoms with Crippen LogP contribution < -0.4 is 5.32 Å². The highest BCUT2D eigenvalue weighted by Gasteiger charge is 2.15. The molecule has 0 unspecified atom stereocenters. The van der Waals surface area contributed by atoms with Crippen molar-refractivity contribution in [1.82, 2.24) is 10.3 Å². The van der Waals surface area contributed by atoms with Crippen LogP contribution in [0.3, 0.4) is 0 Å². The molecule has 3 nitrogen and oxygen atoms in total. The molecule has 0 saturated heterocycles. The van der Waals surface area contributed by atoms with Crippen LogP contribution in [0.1, 0.15) is 41.4 Å². The summed E-state index contributed by atoms with van der Waals surface area (Å²) in [6.45, 7) is 6.08. The van der Waals surface area contributed by atoms with Crippen LogP contribution in [0.15, 0.2) is 30.5 Å². The molecule has 2 rings (SSSR count). The van der Waals surface area contributed by atoms with E-state index < -0.39 is 11.7 Å². The predicted octanol–water partition coefficient (Wildman–Crippen LogP) is 3.68. The van der Waals surface area contributed by atoms with Crippen LogP contribution in [-0.4, -0.2) is 17.9 Å². The number of nitrogens with zero attached hydrogens (tertiary/aromatic N) is 1. The summed E-state index contributed by atoms with van der Waals surface area (Å²) in [7, 11) is 1.49. The third-order valence-corrected chi connectivity index (χ3v) is 3.35. The van der Waals surface area contributed by atoms with Crippen molar-refractivity contribution >= 4 is 5.91 Å². The summed E-state index contributed by atoms with van der Waals surface area (Å²) < 4.78 is 13.8. The number of amides is 1. The Hall–Kier alpha value is -2.23. The Balaban J connectivity index is 2.62. The van der Waals surface area contributed by atoms with Crippen molar-refractivity contribution in [2.45, 2.75) is 26.7 Å². The number of aromatic nitrogens is 1. The van der Waals surface area contributed by atoms with Crippen molar-refractivity contribution < 1.29 is 9.18 Å². The molecule has 0 aliphatic carbocycles. The van der Waals surface area contributed by atoms with E-state index in [1.54, 1.807) is 12.1 Å². The van der Waals surface area contributed by atoms with Gasteiger partial charge in [-0.15, -0.1) is 0 Å². The highest BCUT2D eigenvalue weighted by molar-refractivity contribution is 5.95. The first kappa shape index (κ1) is 15.2. The molecule has 0 saturated carbocycles. The van der Waals surface area contributed by atoms with E-state index in [0.717, 1.165) is 22.4 Å². The topological polar surface area (TPSA) is 42.0 Å². The highest BCUT2D eigenvalue weighted by atomic mass is 19.1. The summed E-state index contributed by atoms with van der Waals surface area (Å²) >= 11 is 0. The third-order valence-electron chi connectivity index (χ3n) is 3.35. The molecule has 1 heterocycles. The molecule has 0 aliphatic rings. The average Bonchev–Trinajstić information content (AvgIpc) is 2.46. The minimum atomic E-state index is -0.523. The van der Waals surface area contributed by atoms with Crippen molar-refractivity contribution in [3.8, 4) is 11.1 Å². The lowest BCUT2D eigenvalue weighted by Crippen LogP contribution is -2.19. The zero-order valence-corrected chi connectivity index (χ0v) is 12.7. The number of hydrogen-bond donors (Lipinski definition) is 1. The Morgan fingerprint density at radius 1 is 1.29 bits per heavy atom. The van der Waals surface area contributed by atoms with Gasteiger partial charge in [0, 0.05) is 18.8 Å². The minimum Gasteiger partial charge on any atom is -0.355 e. The van der Waals surface area contributed by atoms with E-state index in [1.807, 2.05) is 19.2 Å². The van der Waals surface area contributed by atoms with Gasteiger partial charge in [0.25, 0.3) is 5.91 Å². The van der Waals surface area contributed by atoms with E-state index in [-0.39, 0.29) is 11.5 Å². The summed E-state index contributed by atoms with van der Waals surface area (Å²) in [5.74, 6) is -0.708. The number of pyridine rings is 1. The molecular formula is C17H19FN2O. The molecule has 2 aromatic rings. The minimum absolute atomic E-state index is 0.0474. The van der Waals surface area contributed by atoms with Gasteiger partial charge in [-0.2, -0.15) is 0 Å². The number of rotatable bonds is 3. The average molecular weight is 286 g/mol. The van der Waals surface area contributed by atoms with E-state index in [9.17, 15) is 9.18 Å². The van der Waals surface area contributed by atoms with E-state index in [2.05, 4.69) is 24.1 Å². The SMILES string of the molecule is CNC(=O)c1cc(-c2cc(C)cnc2C(C)C)ccc1F. The van der Waals surface area contributed by atoms with Crippen molar-refractivity contribution in [1.29, 1.82) is 0 Å². The van der Waals surface area contributed by atoms with E-state index in [1.165, 1.54) is 13.1 Å². The van der Waals surface area contributed by atoms with Crippen LogP contribution in [0.25, 0.3) is 11.1 Å². The molecular weight excluding hydrogens is 267 g/mol. The summed E-state index contributed by atoms with van der Waals surface area (Å²) in [6.07, 6.45) is 1.82. The molecule has 1 amide bonds. The number of carbonyl (C=O) groups is 1. The lowest BCUT2D eigenvalue weighted by Gasteiger charge is -2.14. The fourth-order valence-corrected chi connectivity index (χ4v) is 2.27. The summed E-state index contributed by atoms with van der Waals surface area (Å²) in [5, 5.41) is 2.45. The fourth-order valence-electron chi connectivity index (χ4n) is 2.27. The zero-order chi connectivity index (χ0) is 15.6. The van der Waals surface area contributed by atoms with E-state index in [4.69, 9.17) is 0 Å². The van der Waals surface area contributed by atoms with Crippen LogP contribution in [0.4, 0.5) is 4.39 Å². The lowest BCUT2D eigenvalue weighted by molar-refractivity contribution is 0.0959. The van der Waals surface area contributed by atoms with Gasteiger partial charge in [0.15, 0.2) is 0 Å². The Morgan fingerprint density at radius 3 is 2.62 bits per heavy atom. The monoisotopic (exact) mass is 286 g/mol. The number of halogens is 1. The molecule has 4 heteroatoms. The molecule has 0 fully saturated rings. The van der Waals surface area contributed by atoms with Gasteiger partial charge < -0.3 is 5.32 Å². The first-order valence-corrected chi connectivity index (χ1v) is 6.92. The number of benzene rings is 1. The molecule has 1 N–H and O–H groups in total. The first-order chi connectivity index (χ1) is 9.93. The zero-order valence-electron chi connectivity index (χ0n) is 12.7. The standard InChI is InChI=1S/C17H19FN2O/c1-10(2)16-13(7-11(3)9-20-16)12-5-6-15(18)14(8-12)17(21)19-4/h5-10H,1-4H3,(H,19,21). The maximum atomic E-state index is 13.8. The fraction of sp³-hybridized carbons (Fsp3) is 0.294. The maximum absolute atomic E-state index is 13.8. The van der Waals surface area contributed by atoms with Crippen LogP contribution >= 0.6 is 0 Å². The van der Waals surface area contributed by atoms with Gasteiger partial charge >= 0.3 is 0 Å². The van der Waals surface area contributed by atoms with Crippen LogP contribution in [0, 0.1) is 12.7 Å². The van der Waals surface area contributed by atoms with E-state index >= 15 is 0 Å². The van der Waals surface area contributed by atoms with Gasteiger partial charge in [0.05, 0.1) is 11.3 Å². The normalized spacial score (nSPS) is 10.8. The number of aryl methyl sites for hydroxylation is 1. The van der Waals surface area contributed by atoms with Gasteiger partial charge in [0.2, 0.25) is 0 Å².